The number of esters is 1. The maximum atomic E-state index is 11.5. The smallest absolute Gasteiger partial charge is 0.303 e. The fraction of sp³-hybridized carbons (Fsp3) is 0.750. The number of unbranched alkanes of at least 4 members (excludes halogenated alkanes) is 5. The Kier molecular flexibility index (Phi) is 13.5. The predicted molar refractivity (Wildman–Crippen MR) is 140 cm³/mol. The molecule has 0 spiro atoms. The molecule has 3 atom stereocenters. The molecule has 0 N–H and O–H groups in total. The highest BCUT2D eigenvalue weighted by Crippen LogP contribution is 2.38. The zero-order valence-electron chi connectivity index (χ0n) is 22.0. The van der Waals surface area contributed by atoms with Gasteiger partial charge < -0.3 is 9.16 Å². The van der Waals surface area contributed by atoms with E-state index in [9.17, 15) is 4.79 Å². The molecule has 4 heteroatoms. The summed E-state index contributed by atoms with van der Waals surface area (Å²) in [6, 6.07) is 0. The third-order valence-electron chi connectivity index (χ3n) is 7.04. The van der Waals surface area contributed by atoms with Crippen LogP contribution in [-0.4, -0.2) is 27.0 Å². The third-order valence-corrected chi connectivity index (χ3v) is 11.5. The first-order valence-corrected chi connectivity index (χ1v) is 15.8. The van der Waals surface area contributed by atoms with Crippen LogP contribution in [0.5, 0.6) is 0 Å². The highest BCUT2D eigenvalue weighted by molar-refractivity contribution is 6.74. The Bertz CT molecular complexity index is 613. The van der Waals surface area contributed by atoms with Crippen LogP contribution in [0.3, 0.4) is 0 Å². The minimum atomic E-state index is -1.72. The van der Waals surface area contributed by atoms with Gasteiger partial charge in [-0.15, -0.1) is 0 Å². The van der Waals surface area contributed by atoms with Gasteiger partial charge in [0, 0.05) is 13.5 Å². The molecule has 32 heavy (non-hydrogen) atoms. The molecule has 0 saturated carbocycles. The average molecular weight is 463 g/mol. The molecule has 0 bridgehead atoms. The molecular weight excluding hydrogens is 412 g/mol. The lowest BCUT2D eigenvalue weighted by molar-refractivity contribution is -0.144. The van der Waals surface area contributed by atoms with Gasteiger partial charge in [0.2, 0.25) is 0 Å². The molecule has 1 unspecified atom stereocenters. The Morgan fingerprint density at radius 3 is 2.38 bits per heavy atom. The predicted octanol–water partition coefficient (Wildman–Crippen LogP) is 8.39. The molecule has 0 saturated heterocycles. The van der Waals surface area contributed by atoms with Crippen molar-refractivity contribution in [3.8, 4) is 0 Å². The lowest BCUT2D eigenvalue weighted by Crippen LogP contribution is -2.42. The third kappa shape index (κ3) is 11.6. The SMILES string of the molecule is CCCCCCCCC(/C=C/C=C/[C@H]1CC=CC[C@@H]1CO[Si](C)(C)C(C)(C)C)OC(C)=O. The van der Waals surface area contributed by atoms with Gasteiger partial charge in [-0.25, -0.2) is 0 Å². The summed E-state index contributed by atoms with van der Waals surface area (Å²) in [6.45, 7) is 16.1. The Balaban J connectivity index is 2.58. The van der Waals surface area contributed by atoms with E-state index in [2.05, 4.69) is 71.2 Å². The zero-order chi connectivity index (χ0) is 24.0. The van der Waals surface area contributed by atoms with Crippen molar-refractivity contribution in [3.63, 3.8) is 0 Å². The summed E-state index contributed by atoms with van der Waals surface area (Å²) in [4.78, 5) is 11.5. The second-order valence-corrected chi connectivity index (χ2v) is 15.7. The van der Waals surface area contributed by atoms with Crippen LogP contribution in [0.15, 0.2) is 36.5 Å². The summed E-state index contributed by atoms with van der Waals surface area (Å²) >= 11 is 0. The monoisotopic (exact) mass is 462 g/mol. The average Bonchev–Trinajstić information content (AvgIpc) is 2.71. The topological polar surface area (TPSA) is 35.5 Å². The molecule has 0 fully saturated rings. The second kappa shape index (κ2) is 14.9. The number of ether oxygens (including phenoxy) is 1. The number of rotatable bonds is 14. The van der Waals surface area contributed by atoms with E-state index in [4.69, 9.17) is 9.16 Å². The maximum absolute atomic E-state index is 11.5. The Hall–Kier alpha value is -1.13. The molecular formula is C28H50O3Si. The molecule has 0 heterocycles. The van der Waals surface area contributed by atoms with E-state index in [-0.39, 0.29) is 17.1 Å². The molecule has 0 amide bonds. The Labute approximate surface area is 199 Å². The van der Waals surface area contributed by atoms with Crippen molar-refractivity contribution in [1.82, 2.24) is 0 Å². The summed E-state index contributed by atoms with van der Waals surface area (Å²) < 4.78 is 12.0. The number of hydrogen-bond donors (Lipinski definition) is 0. The first kappa shape index (κ1) is 28.9. The zero-order valence-corrected chi connectivity index (χ0v) is 23.0. The Morgan fingerprint density at radius 2 is 1.72 bits per heavy atom. The molecule has 1 aliphatic rings. The van der Waals surface area contributed by atoms with Gasteiger partial charge in [-0.3, -0.25) is 4.79 Å². The minimum Gasteiger partial charge on any atom is -0.458 e. The summed E-state index contributed by atoms with van der Waals surface area (Å²) in [5.74, 6) is 0.834. The molecule has 0 radical (unpaired) electrons. The maximum Gasteiger partial charge on any atom is 0.303 e. The first-order valence-electron chi connectivity index (χ1n) is 12.9. The molecule has 184 valence electrons. The van der Waals surface area contributed by atoms with Crippen molar-refractivity contribution in [2.75, 3.05) is 6.61 Å². The Morgan fingerprint density at radius 1 is 1.06 bits per heavy atom. The van der Waals surface area contributed by atoms with E-state index in [0.717, 1.165) is 32.3 Å². The number of hydrogen-bond acceptors (Lipinski definition) is 3. The number of allylic oxidation sites excluding steroid dienone is 5. The lowest BCUT2D eigenvalue weighted by Gasteiger charge is -2.38. The van der Waals surface area contributed by atoms with Gasteiger partial charge in [0.05, 0.1) is 0 Å². The van der Waals surface area contributed by atoms with Crippen LogP contribution in [0.2, 0.25) is 18.1 Å². The van der Waals surface area contributed by atoms with Crippen LogP contribution < -0.4 is 0 Å². The van der Waals surface area contributed by atoms with Gasteiger partial charge in [-0.05, 0) is 61.7 Å². The van der Waals surface area contributed by atoms with Gasteiger partial charge in [0.1, 0.15) is 6.10 Å². The minimum absolute atomic E-state index is 0.118. The van der Waals surface area contributed by atoms with Crippen molar-refractivity contribution < 1.29 is 14.0 Å². The molecule has 1 aliphatic carbocycles. The molecule has 3 nitrogen and oxygen atoms in total. The van der Waals surface area contributed by atoms with Crippen LogP contribution in [0.25, 0.3) is 0 Å². The number of carbonyl (C=O) groups is 1. The van der Waals surface area contributed by atoms with Crippen molar-refractivity contribution in [2.45, 2.75) is 117 Å². The van der Waals surface area contributed by atoms with Crippen molar-refractivity contribution >= 4 is 14.3 Å². The second-order valence-electron chi connectivity index (χ2n) is 10.9. The van der Waals surface area contributed by atoms with Crippen molar-refractivity contribution in [1.29, 1.82) is 0 Å². The van der Waals surface area contributed by atoms with Crippen LogP contribution in [0.4, 0.5) is 0 Å². The largest absolute Gasteiger partial charge is 0.458 e. The lowest BCUT2D eigenvalue weighted by atomic mass is 9.83. The highest BCUT2D eigenvalue weighted by atomic mass is 28.4. The van der Waals surface area contributed by atoms with Crippen LogP contribution in [0, 0.1) is 11.8 Å². The van der Waals surface area contributed by atoms with E-state index >= 15 is 0 Å². The van der Waals surface area contributed by atoms with E-state index in [1.807, 2.05) is 6.08 Å². The molecule has 0 aliphatic heterocycles. The number of carbonyl (C=O) groups excluding carboxylic acids is 1. The van der Waals surface area contributed by atoms with Crippen LogP contribution >= 0.6 is 0 Å². The quantitative estimate of drug-likeness (QED) is 0.0854. The van der Waals surface area contributed by atoms with Crippen molar-refractivity contribution in [3.05, 3.63) is 36.5 Å². The fourth-order valence-electron chi connectivity index (χ4n) is 3.78. The van der Waals surface area contributed by atoms with Crippen molar-refractivity contribution in [2.24, 2.45) is 11.8 Å². The van der Waals surface area contributed by atoms with Gasteiger partial charge >= 0.3 is 5.97 Å². The van der Waals surface area contributed by atoms with Crippen LogP contribution in [0.1, 0.15) is 92.4 Å². The molecule has 0 aromatic carbocycles. The van der Waals surface area contributed by atoms with E-state index < -0.39 is 8.32 Å². The standard InChI is InChI=1S/C28H50O3Si/c1-8-9-10-11-12-13-21-27(31-24(2)29)22-17-16-19-25-18-14-15-20-26(25)23-30-32(6,7)28(3,4)5/h14-17,19,22,25-27H,8-13,18,20-21,23H2,1-7H3/b19-16+,22-17+/t25-,26-,27?/m1/s1. The summed E-state index contributed by atoms with van der Waals surface area (Å²) in [5, 5.41) is 0.243. The molecule has 0 aromatic rings. The molecule has 1 rings (SSSR count). The van der Waals surface area contributed by atoms with Gasteiger partial charge in [0.25, 0.3) is 0 Å². The van der Waals surface area contributed by atoms with E-state index in [1.54, 1.807) is 0 Å². The van der Waals surface area contributed by atoms with E-state index in [1.165, 1.54) is 39.0 Å². The summed E-state index contributed by atoms with van der Waals surface area (Å²) in [6.07, 6.45) is 23.6. The van der Waals surface area contributed by atoms with Crippen LogP contribution in [-0.2, 0) is 14.0 Å². The van der Waals surface area contributed by atoms with E-state index in [0.29, 0.717) is 11.8 Å². The normalized spacial score (nSPS) is 20.8. The molecule has 0 aromatic heterocycles. The first-order chi connectivity index (χ1) is 15.1. The fourth-order valence-corrected chi connectivity index (χ4v) is 4.84. The summed E-state index contributed by atoms with van der Waals surface area (Å²) in [7, 11) is -1.72. The van der Waals surface area contributed by atoms with Gasteiger partial charge in [0.15, 0.2) is 8.32 Å². The summed E-state index contributed by atoms with van der Waals surface area (Å²) in [5.41, 5.74) is 0. The highest BCUT2D eigenvalue weighted by Gasteiger charge is 2.38. The van der Waals surface area contributed by atoms with Gasteiger partial charge in [-0.2, -0.15) is 0 Å². The van der Waals surface area contributed by atoms with Gasteiger partial charge in [-0.1, -0.05) is 90.2 Å².